The van der Waals surface area contributed by atoms with Crippen LogP contribution in [0.15, 0.2) is 34.4 Å². The molecule has 0 saturated heterocycles. The first-order chi connectivity index (χ1) is 11.1. The van der Waals surface area contributed by atoms with Crippen molar-refractivity contribution in [1.29, 1.82) is 0 Å². The number of fused-ring (bicyclic) bond motifs is 4. The molecule has 0 bridgehead atoms. The van der Waals surface area contributed by atoms with Gasteiger partial charge in [-0.3, -0.25) is 0 Å². The largest absolute Gasteiger partial charge is 0.0848 e. The maximum absolute atomic E-state index is 2.63. The van der Waals surface area contributed by atoms with Crippen LogP contribution in [0, 0.1) is 23.2 Å². The summed E-state index contributed by atoms with van der Waals surface area (Å²) >= 11 is 0. The van der Waals surface area contributed by atoms with Crippen LogP contribution in [-0.4, -0.2) is 0 Å². The highest BCUT2D eigenvalue weighted by molar-refractivity contribution is 5.35. The first-order valence-corrected chi connectivity index (χ1v) is 10.2. The fourth-order valence-corrected chi connectivity index (χ4v) is 6.58. The lowest BCUT2D eigenvalue weighted by atomic mass is 9.54. The van der Waals surface area contributed by atoms with Crippen LogP contribution in [-0.2, 0) is 0 Å². The minimum Gasteiger partial charge on any atom is -0.0848 e. The number of hydrogen-bond donors (Lipinski definition) is 0. The van der Waals surface area contributed by atoms with E-state index in [-0.39, 0.29) is 0 Å². The van der Waals surface area contributed by atoms with Crippen LogP contribution < -0.4 is 0 Å². The summed E-state index contributed by atoms with van der Waals surface area (Å²) in [4.78, 5) is 0. The van der Waals surface area contributed by atoms with Gasteiger partial charge in [-0.05, 0) is 87.9 Å². The zero-order valence-electron chi connectivity index (χ0n) is 15.5. The molecule has 4 aliphatic carbocycles. The van der Waals surface area contributed by atoms with Gasteiger partial charge >= 0.3 is 0 Å². The van der Waals surface area contributed by atoms with Crippen molar-refractivity contribution in [2.75, 3.05) is 0 Å². The molecule has 0 N–H and O–H groups in total. The summed E-state index contributed by atoms with van der Waals surface area (Å²) in [5.74, 6) is 2.91. The molecular formula is C23H34. The topological polar surface area (TPSA) is 0 Å². The second-order valence-electron chi connectivity index (χ2n) is 8.99. The highest BCUT2D eigenvalue weighted by Gasteiger charge is 2.52. The third-order valence-corrected chi connectivity index (χ3v) is 7.81. The molecule has 0 amide bonds. The van der Waals surface area contributed by atoms with Crippen molar-refractivity contribution >= 4 is 0 Å². The van der Waals surface area contributed by atoms with Gasteiger partial charge in [-0.15, -0.1) is 0 Å². The fourth-order valence-electron chi connectivity index (χ4n) is 6.58. The molecule has 4 rings (SSSR count). The van der Waals surface area contributed by atoms with E-state index < -0.39 is 0 Å². The molecule has 0 spiro atoms. The van der Waals surface area contributed by atoms with Crippen molar-refractivity contribution < 1.29 is 0 Å². The van der Waals surface area contributed by atoms with Crippen molar-refractivity contribution in [3.8, 4) is 0 Å². The summed E-state index contributed by atoms with van der Waals surface area (Å²) in [6.45, 7) is 7.27. The second-order valence-corrected chi connectivity index (χ2v) is 8.99. The smallest absolute Gasteiger partial charge is 0.00850 e. The third-order valence-electron chi connectivity index (χ3n) is 7.81. The van der Waals surface area contributed by atoms with E-state index in [2.05, 4.69) is 32.9 Å². The highest BCUT2D eigenvalue weighted by atomic mass is 14.6. The maximum Gasteiger partial charge on any atom is -0.00850 e. The van der Waals surface area contributed by atoms with Gasteiger partial charge in [0.1, 0.15) is 0 Å². The highest BCUT2D eigenvalue weighted by Crippen LogP contribution is 2.62. The van der Waals surface area contributed by atoms with E-state index in [9.17, 15) is 0 Å². The maximum atomic E-state index is 2.63. The van der Waals surface area contributed by atoms with Gasteiger partial charge in [0.05, 0.1) is 0 Å². The number of rotatable bonds is 2. The average Bonchev–Trinajstić information content (AvgIpc) is 2.89. The first-order valence-electron chi connectivity index (χ1n) is 10.2. The van der Waals surface area contributed by atoms with Crippen LogP contribution in [0.25, 0.3) is 0 Å². The SMILES string of the molecule is CCC/C=C1/CCC2C3CCC4=C(CC=C(C)C4)C3CCC12C. The molecular weight excluding hydrogens is 276 g/mol. The Morgan fingerprint density at radius 2 is 2.09 bits per heavy atom. The van der Waals surface area contributed by atoms with Crippen LogP contribution in [0.4, 0.5) is 0 Å². The van der Waals surface area contributed by atoms with E-state index in [0.717, 1.165) is 17.8 Å². The van der Waals surface area contributed by atoms with Crippen molar-refractivity contribution in [2.45, 2.75) is 85.0 Å². The monoisotopic (exact) mass is 310 g/mol. The summed E-state index contributed by atoms with van der Waals surface area (Å²) in [5, 5.41) is 0. The molecule has 4 unspecified atom stereocenters. The quantitative estimate of drug-likeness (QED) is 0.482. The molecule has 0 aromatic carbocycles. The van der Waals surface area contributed by atoms with E-state index in [1.165, 1.54) is 64.2 Å². The molecule has 2 fully saturated rings. The number of unbranched alkanes of at least 4 members (excludes halogenated alkanes) is 1. The predicted molar refractivity (Wildman–Crippen MR) is 99.3 cm³/mol. The van der Waals surface area contributed by atoms with E-state index >= 15 is 0 Å². The minimum absolute atomic E-state index is 0.550. The van der Waals surface area contributed by atoms with Gasteiger partial charge in [0.15, 0.2) is 0 Å². The van der Waals surface area contributed by atoms with Crippen molar-refractivity contribution in [3.63, 3.8) is 0 Å². The lowest BCUT2D eigenvalue weighted by Gasteiger charge is -2.51. The van der Waals surface area contributed by atoms with Crippen LogP contribution in [0.3, 0.4) is 0 Å². The van der Waals surface area contributed by atoms with Crippen LogP contribution in [0.5, 0.6) is 0 Å². The van der Waals surface area contributed by atoms with Gasteiger partial charge in [0.25, 0.3) is 0 Å². The molecule has 4 aliphatic rings. The summed E-state index contributed by atoms with van der Waals surface area (Å²) in [7, 11) is 0. The van der Waals surface area contributed by atoms with E-state index in [0.29, 0.717) is 5.41 Å². The zero-order valence-corrected chi connectivity index (χ0v) is 15.5. The Bertz CT molecular complexity index is 573. The van der Waals surface area contributed by atoms with Gasteiger partial charge in [0, 0.05) is 0 Å². The standard InChI is InChI=1S/C23H34/c1-4-5-6-18-9-12-22-21-11-8-17-15-16(2)7-10-19(17)20(21)13-14-23(18,22)3/h6-7,20-22H,4-5,8-15H2,1-3H3/b18-6-. The third kappa shape index (κ3) is 2.48. The molecule has 2 saturated carbocycles. The van der Waals surface area contributed by atoms with Crippen molar-refractivity contribution in [3.05, 3.63) is 34.4 Å². The summed E-state index contributed by atoms with van der Waals surface area (Å²) in [5.41, 5.74) is 7.74. The molecule has 23 heavy (non-hydrogen) atoms. The molecule has 0 aromatic rings. The van der Waals surface area contributed by atoms with Crippen molar-refractivity contribution in [2.24, 2.45) is 23.2 Å². The summed E-state index contributed by atoms with van der Waals surface area (Å²) in [6.07, 6.45) is 19.0. The van der Waals surface area contributed by atoms with Gasteiger partial charge in [0.2, 0.25) is 0 Å². The van der Waals surface area contributed by atoms with E-state index in [4.69, 9.17) is 0 Å². The number of hydrogen-bond acceptors (Lipinski definition) is 0. The Morgan fingerprint density at radius 1 is 1.22 bits per heavy atom. The normalized spacial score (nSPS) is 41.4. The lowest BCUT2D eigenvalue weighted by Crippen LogP contribution is -2.41. The van der Waals surface area contributed by atoms with E-state index in [1.807, 2.05) is 16.7 Å². The second kappa shape index (κ2) is 5.94. The molecule has 0 heterocycles. The Balaban J connectivity index is 1.59. The molecule has 0 heteroatoms. The van der Waals surface area contributed by atoms with E-state index in [1.54, 1.807) is 5.57 Å². The van der Waals surface area contributed by atoms with Gasteiger partial charge in [-0.2, -0.15) is 0 Å². The van der Waals surface area contributed by atoms with Gasteiger partial charge in [-0.1, -0.05) is 54.7 Å². The first kappa shape index (κ1) is 15.7. The van der Waals surface area contributed by atoms with Crippen LogP contribution in [0.2, 0.25) is 0 Å². The Labute approximate surface area is 143 Å². The van der Waals surface area contributed by atoms with Gasteiger partial charge in [-0.25, -0.2) is 0 Å². The van der Waals surface area contributed by atoms with Crippen LogP contribution in [0.1, 0.15) is 85.0 Å². The zero-order chi connectivity index (χ0) is 16.0. The Kier molecular flexibility index (Phi) is 4.06. The molecule has 0 aromatic heterocycles. The lowest BCUT2D eigenvalue weighted by molar-refractivity contribution is 0.0622. The number of allylic oxidation sites excluding steroid dienone is 6. The average molecular weight is 311 g/mol. The fraction of sp³-hybridized carbons (Fsp3) is 0.739. The molecule has 0 nitrogen and oxygen atoms in total. The molecule has 0 radical (unpaired) electrons. The van der Waals surface area contributed by atoms with Crippen molar-refractivity contribution in [1.82, 2.24) is 0 Å². The predicted octanol–water partition coefficient (Wildman–Crippen LogP) is 6.99. The van der Waals surface area contributed by atoms with Crippen LogP contribution >= 0.6 is 0 Å². The molecule has 126 valence electrons. The Morgan fingerprint density at radius 3 is 2.91 bits per heavy atom. The summed E-state index contributed by atoms with van der Waals surface area (Å²) in [6, 6.07) is 0. The molecule has 4 atom stereocenters. The van der Waals surface area contributed by atoms with Gasteiger partial charge < -0.3 is 0 Å². The summed E-state index contributed by atoms with van der Waals surface area (Å²) < 4.78 is 0. The minimum atomic E-state index is 0.550. The molecule has 0 aliphatic heterocycles. The Hall–Kier alpha value is -0.780.